The van der Waals surface area contributed by atoms with Crippen LogP contribution in [0.1, 0.15) is 36.4 Å². The van der Waals surface area contributed by atoms with Crippen molar-refractivity contribution in [3.05, 3.63) is 59.8 Å². The molecule has 1 fully saturated rings. The van der Waals surface area contributed by atoms with Crippen LogP contribution in [0, 0.1) is 0 Å². The van der Waals surface area contributed by atoms with Crippen molar-refractivity contribution in [3.63, 3.8) is 0 Å². The molecule has 1 aromatic carbocycles. The largest absolute Gasteiger partial charge is 0.445 e. The monoisotopic (exact) mass is 325 g/mol. The van der Waals surface area contributed by atoms with Crippen LogP contribution in [0.25, 0.3) is 0 Å². The predicted octanol–water partition coefficient (Wildman–Crippen LogP) is 3.99. The van der Waals surface area contributed by atoms with E-state index in [1.807, 2.05) is 54.4 Å². The van der Waals surface area contributed by atoms with Crippen LogP contribution >= 0.6 is 0 Å². The number of piperidine rings is 1. The summed E-state index contributed by atoms with van der Waals surface area (Å²) in [7, 11) is 1.85. The summed E-state index contributed by atoms with van der Waals surface area (Å²) in [6.45, 7) is 1.02. The van der Waals surface area contributed by atoms with Crippen LogP contribution in [0.15, 0.2) is 48.7 Å². The predicted molar refractivity (Wildman–Crippen MR) is 93.7 cm³/mol. The van der Waals surface area contributed by atoms with Crippen molar-refractivity contribution in [2.24, 2.45) is 0 Å². The van der Waals surface area contributed by atoms with E-state index in [9.17, 15) is 4.79 Å². The minimum atomic E-state index is -0.255. The van der Waals surface area contributed by atoms with Crippen molar-refractivity contribution < 1.29 is 9.53 Å². The lowest BCUT2D eigenvalue weighted by atomic mass is 9.96. The number of ether oxygens (including phenoxy) is 1. The van der Waals surface area contributed by atoms with Crippen LogP contribution in [0.3, 0.4) is 0 Å². The van der Waals surface area contributed by atoms with Gasteiger partial charge in [-0.3, -0.25) is 0 Å². The Hall–Kier alpha value is -2.56. The summed E-state index contributed by atoms with van der Waals surface area (Å²) in [6, 6.07) is 13.7. The van der Waals surface area contributed by atoms with Crippen molar-refractivity contribution in [1.29, 1.82) is 0 Å². The Kier molecular flexibility index (Phi) is 5.31. The second-order valence-corrected chi connectivity index (χ2v) is 5.94. The van der Waals surface area contributed by atoms with Gasteiger partial charge in [0, 0.05) is 25.4 Å². The standard InChI is InChI=1S/C19H23N3O2/c1-20-18-16(10-7-12-21-18)17-11-5-6-13-22(17)19(23)24-14-15-8-3-2-4-9-15/h2-4,7-10,12,17H,5-6,11,13-14H2,1H3,(H,20,21)/t17-/m0/s1. The van der Waals surface area contributed by atoms with E-state index in [1.54, 1.807) is 6.20 Å². The number of likely N-dealkylation sites (tertiary alicyclic amines) is 1. The second-order valence-electron chi connectivity index (χ2n) is 5.94. The lowest BCUT2D eigenvalue weighted by Crippen LogP contribution is -2.39. The Morgan fingerprint density at radius 2 is 2.08 bits per heavy atom. The minimum absolute atomic E-state index is 0.0122. The first-order valence-electron chi connectivity index (χ1n) is 8.39. The molecule has 1 saturated heterocycles. The molecule has 5 nitrogen and oxygen atoms in total. The summed E-state index contributed by atoms with van der Waals surface area (Å²) < 4.78 is 5.54. The lowest BCUT2D eigenvalue weighted by molar-refractivity contribution is 0.0680. The number of hydrogen-bond donors (Lipinski definition) is 1. The van der Waals surface area contributed by atoms with Gasteiger partial charge in [-0.15, -0.1) is 0 Å². The lowest BCUT2D eigenvalue weighted by Gasteiger charge is -2.35. The Morgan fingerprint density at radius 1 is 1.25 bits per heavy atom. The van der Waals surface area contributed by atoms with Gasteiger partial charge in [-0.05, 0) is 30.9 Å². The summed E-state index contributed by atoms with van der Waals surface area (Å²) in [6.07, 6.45) is 4.54. The topological polar surface area (TPSA) is 54.5 Å². The minimum Gasteiger partial charge on any atom is -0.445 e. The molecule has 0 saturated carbocycles. The van der Waals surface area contributed by atoms with Crippen LogP contribution < -0.4 is 5.32 Å². The summed E-state index contributed by atoms with van der Waals surface area (Å²) in [4.78, 5) is 18.8. The van der Waals surface area contributed by atoms with E-state index >= 15 is 0 Å². The number of pyridine rings is 1. The highest BCUT2D eigenvalue weighted by Crippen LogP contribution is 2.34. The van der Waals surface area contributed by atoms with E-state index in [0.29, 0.717) is 6.61 Å². The Bertz CT molecular complexity index is 675. The van der Waals surface area contributed by atoms with E-state index in [2.05, 4.69) is 10.3 Å². The van der Waals surface area contributed by atoms with Gasteiger partial charge in [0.25, 0.3) is 0 Å². The van der Waals surface area contributed by atoms with Crippen LogP contribution in [0.2, 0.25) is 0 Å². The Morgan fingerprint density at radius 3 is 2.88 bits per heavy atom. The average Bonchev–Trinajstić information content (AvgIpc) is 2.67. The zero-order chi connectivity index (χ0) is 16.8. The molecule has 1 aromatic heterocycles. The molecular formula is C19H23N3O2. The summed E-state index contributed by atoms with van der Waals surface area (Å²) in [5.74, 6) is 0.824. The Labute approximate surface area is 142 Å². The molecule has 2 heterocycles. The third-order valence-electron chi connectivity index (χ3n) is 4.38. The van der Waals surface area contributed by atoms with Gasteiger partial charge < -0.3 is 15.0 Å². The van der Waals surface area contributed by atoms with E-state index in [4.69, 9.17) is 4.74 Å². The summed E-state index contributed by atoms with van der Waals surface area (Å²) >= 11 is 0. The first kappa shape index (κ1) is 16.3. The van der Waals surface area contributed by atoms with Crippen LogP contribution in [0.4, 0.5) is 10.6 Å². The summed E-state index contributed by atoms with van der Waals surface area (Å²) in [5, 5.41) is 3.12. The third kappa shape index (κ3) is 3.67. The molecule has 126 valence electrons. The molecule has 0 radical (unpaired) electrons. The molecular weight excluding hydrogens is 302 g/mol. The van der Waals surface area contributed by atoms with Crippen LogP contribution in [-0.2, 0) is 11.3 Å². The van der Waals surface area contributed by atoms with E-state index in [-0.39, 0.29) is 12.1 Å². The average molecular weight is 325 g/mol. The van der Waals surface area contributed by atoms with Crippen molar-refractivity contribution in [2.45, 2.75) is 31.9 Å². The number of aromatic nitrogens is 1. The molecule has 0 spiro atoms. The molecule has 1 amide bonds. The molecule has 1 N–H and O–H groups in total. The van der Waals surface area contributed by atoms with Gasteiger partial charge in [-0.25, -0.2) is 9.78 Å². The number of rotatable bonds is 4. The number of amides is 1. The fourth-order valence-electron chi connectivity index (χ4n) is 3.17. The number of carbonyl (C=O) groups excluding carboxylic acids is 1. The molecule has 2 aromatic rings. The molecule has 0 unspecified atom stereocenters. The van der Waals surface area contributed by atoms with E-state index in [0.717, 1.165) is 42.8 Å². The van der Waals surface area contributed by atoms with Crippen molar-refractivity contribution in [3.8, 4) is 0 Å². The highest BCUT2D eigenvalue weighted by Gasteiger charge is 2.30. The fourth-order valence-corrected chi connectivity index (χ4v) is 3.17. The molecule has 24 heavy (non-hydrogen) atoms. The van der Waals surface area contributed by atoms with Crippen LogP contribution in [0.5, 0.6) is 0 Å². The maximum atomic E-state index is 12.6. The molecule has 5 heteroatoms. The smallest absolute Gasteiger partial charge is 0.410 e. The van der Waals surface area contributed by atoms with Crippen molar-refractivity contribution in [2.75, 3.05) is 18.9 Å². The first-order chi connectivity index (χ1) is 11.8. The van der Waals surface area contributed by atoms with Gasteiger partial charge in [0.15, 0.2) is 0 Å². The normalized spacial score (nSPS) is 17.4. The van der Waals surface area contributed by atoms with Gasteiger partial charge in [-0.2, -0.15) is 0 Å². The number of hydrogen-bond acceptors (Lipinski definition) is 4. The second kappa shape index (κ2) is 7.81. The quantitative estimate of drug-likeness (QED) is 0.923. The molecule has 1 aliphatic rings. The molecule has 0 aliphatic carbocycles. The number of nitrogens with zero attached hydrogens (tertiary/aromatic N) is 2. The molecule has 1 atom stereocenters. The highest BCUT2D eigenvalue weighted by atomic mass is 16.6. The van der Waals surface area contributed by atoms with Gasteiger partial charge in [0.2, 0.25) is 0 Å². The van der Waals surface area contributed by atoms with E-state index in [1.165, 1.54) is 0 Å². The molecule has 1 aliphatic heterocycles. The maximum Gasteiger partial charge on any atom is 0.410 e. The van der Waals surface area contributed by atoms with Gasteiger partial charge >= 0.3 is 6.09 Å². The molecule has 3 rings (SSSR count). The van der Waals surface area contributed by atoms with Crippen LogP contribution in [-0.4, -0.2) is 29.6 Å². The Balaban J connectivity index is 1.73. The number of nitrogens with one attached hydrogen (secondary N) is 1. The van der Waals surface area contributed by atoms with E-state index < -0.39 is 0 Å². The molecule has 0 bridgehead atoms. The summed E-state index contributed by atoms with van der Waals surface area (Å²) in [5.41, 5.74) is 2.05. The van der Waals surface area contributed by atoms with Gasteiger partial charge in [0.05, 0.1) is 6.04 Å². The zero-order valence-corrected chi connectivity index (χ0v) is 13.9. The highest BCUT2D eigenvalue weighted by molar-refractivity contribution is 5.69. The third-order valence-corrected chi connectivity index (χ3v) is 4.38. The number of carbonyl (C=O) groups is 1. The van der Waals surface area contributed by atoms with Crippen molar-refractivity contribution in [1.82, 2.24) is 9.88 Å². The number of anilines is 1. The first-order valence-corrected chi connectivity index (χ1v) is 8.39. The SMILES string of the molecule is CNc1ncccc1[C@@H]1CCCCN1C(=O)OCc1ccccc1. The number of benzene rings is 1. The van der Waals surface area contributed by atoms with Gasteiger partial charge in [-0.1, -0.05) is 36.4 Å². The maximum absolute atomic E-state index is 12.6. The fraction of sp³-hybridized carbons (Fsp3) is 0.368. The zero-order valence-electron chi connectivity index (χ0n) is 13.9. The van der Waals surface area contributed by atoms with Gasteiger partial charge in [0.1, 0.15) is 12.4 Å². The van der Waals surface area contributed by atoms with Crippen molar-refractivity contribution >= 4 is 11.9 Å².